The Bertz CT molecular complexity index is 216. The van der Waals surface area contributed by atoms with Crippen LogP contribution in [0.3, 0.4) is 0 Å². The molecule has 2 rings (SSSR count). The van der Waals surface area contributed by atoms with Gasteiger partial charge >= 0.3 is 0 Å². The van der Waals surface area contributed by atoms with E-state index in [9.17, 15) is 9.59 Å². The molecule has 4 nitrogen and oxygen atoms in total. The predicted molar refractivity (Wildman–Crippen MR) is 81.9 cm³/mol. The molecular formula is C10H19Br3N2O2. The first-order chi connectivity index (χ1) is 7.61. The number of carbonyl (C=O) groups is 2. The molecule has 0 bridgehead atoms. The second-order valence-corrected chi connectivity index (χ2v) is 3.84. The van der Waals surface area contributed by atoms with Gasteiger partial charge in [-0.1, -0.05) is 0 Å². The van der Waals surface area contributed by atoms with E-state index in [0.717, 1.165) is 38.8 Å². The first-order valence-corrected chi connectivity index (χ1v) is 8.95. The highest BCUT2D eigenvalue weighted by Gasteiger charge is 2.14. The summed E-state index contributed by atoms with van der Waals surface area (Å²) in [4.78, 5) is 24.5. The van der Waals surface area contributed by atoms with Crippen LogP contribution in [0.5, 0.6) is 0 Å². The Morgan fingerprint density at radius 2 is 1.18 bits per heavy atom. The van der Waals surface area contributed by atoms with Gasteiger partial charge in [0.2, 0.25) is 11.8 Å². The number of hydrogen-bond donors (Lipinski definition) is 0. The van der Waals surface area contributed by atoms with Gasteiger partial charge < -0.3 is 9.80 Å². The van der Waals surface area contributed by atoms with Crippen molar-refractivity contribution in [3.8, 4) is 0 Å². The minimum absolute atomic E-state index is 0. The van der Waals surface area contributed by atoms with Crippen LogP contribution in [-0.4, -0.2) is 48.8 Å². The van der Waals surface area contributed by atoms with Crippen LogP contribution in [0.15, 0.2) is 0 Å². The van der Waals surface area contributed by atoms with Crippen molar-refractivity contribution in [2.45, 2.75) is 25.7 Å². The average molecular weight is 439 g/mol. The van der Waals surface area contributed by atoms with E-state index in [1.54, 1.807) is 9.80 Å². The van der Waals surface area contributed by atoms with E-state index in [2.05, 4.69) is 28.3 Å². The van der Waals surface area contributed by atoms with E-state index in [0.29, 0.717) is 11.8 Å². The van der Waals surface area contributed by atoms with Gasteiger partial charge in [-0.05, 0) is 12.8 Å². The van der Waals surface area contributed by atoms with Gasteiger partial charge in [0.1, 0.15) is 0 Å². The lowest BCUT2D eigenvalue weighted by atomic mass is 10.4. The Hall–Kier alpha value is 0.380. The summed E-state index contributed by atoms with van der Waals surface area (Å²) in [5.74, 6) is 0.583. The topological polar surface area (TPSA) is 40.6 Å². The number of amides is 2. The lowest BCUT2D eigenvalue weighted by Crippen LogP contribution is -2.17. The van der Waals surface area contributed by atoms with E-state index in [1.807, 2.05) is 14.1 Å². The van der Waals surface area contributed by atoms with Crippen LogP contribution < -0.4 is 0 Å². The average Bonchev–Trinajstić information content (AvgIpc) is 2.83. The van der Waals surface area contributed by atoms with Gasteiger partial charge in [0.25, 0.3) is 0 Å². The standard InChI is InChI=1S/2C5H9NO.Br2.BrH/c2*1-6-4-2-3-5(6)7;1-2;/h2*2-4H2,1H3;;1H. The van der Waals surface area contributed by atoms with Crippen molar-refractivity contribution in [1.82, 2.24) is 9.80 Å². The van der Waals surface area contributed by atoms with Crippen molar-refractivity contribution < 1.29 is 9.59 Å². The van der Waals surface area contributed by atoms with Gasteiger partial charge in [-0.2, -0.15) is 0 Å². The zero-order chi connectivity index (χ0) is 12.6. The third kappa shape index (κ3) is 8.15. The monoisotopic (exact) mass is 436 g/mol. The summed E-state index contributed by atoms with van der Waals surface area (Å²) < 4.78 is 0. The van der Waals surface area contributed by atoms with E-state index in [4.69, 9.17) is 0 Å². The molecule has 2 heterocycles. The molecular weight excluding hydrogens is 420 g/mol. The summed E-state index contributed by atoms with van der Waals surface area (Å²) in [6, 6.07) is 0. The minimum Gasteiger partial charge on any atom is -0.346 e. The Balaban J connectivity index is 0. The molecule has 17 heavy (non-hydrogen) atoms. The van der Waals surface area contributed by atoms with Gasteiger partial charge in [0.15, 0.2) is 0 Å². The van der Waals surface area contributed by atoms with E-state index >= 15 is 0 Å². The van der Waals surface area contributed by atoms with Crippen molar-refractivity contribution in [3.63, 3.8) is 0 Å². The quantitative estimate of drug-likeness (QED) is 0.583. The Morgan fingerprint density at radius 3 is 1.24 bits per heavy atom. The zero-order valence-electron chi connectivity index (χ0n) is 10.1. The first-order valence-electron chi connectivity index (χ1n) is 5.23. The number of nitrogens with zero attached hydrogens (tertiary/aromatic N) is 2. The number of rotatable bonds is 0. The third-order valence-electron chi connectivity index (χ3n) is 2.62. The molecule has 0 saturated carbocycles. The van der Waals surface area contributed by atoms with Gasteiger partial charge in [0, 0.05) is 68.3 Å². The summed E-state index contributed by atoms with van der Waals surface area (Å²) in [5, 5.41) is 0. The van der Waals surface area contributed by atoms with Crippen LogP contribution in [0.25, 0.3) is 0 Å². The summed E-state index contributed by atoms with van der Waals surface area (Å²) in [6.07, 6.45) is 3.62. The molecule has 0 unspecified atom stereocenters. The zero-order valence-corrected chi connectivity index (χ0v) is 15.0. The highest BCUT2D eigenvalue weighted by atomic mass is 80.9. The smallest absolute Gasteiger partial charge is 0.222 e. The lowest BCUT2D eigenvalue weighted by molar-refractivity contribution is -0.127. The van der Waals surface area contributed by atoms with Gasteiger partial charge in [-0.25, -0.2) is 0 Å². The molecule has 0 aromatic heterocycles. The maximum absolute atomic E-state index is 10.5. The van der Waals surface area contributed by atoms with Crippen LogP contribution >= 0.6 is 45.2 Å². The van der Waals surface area contributed by atoms with Crippen molar-refractivity contribution in [1.29, 1.82) is 0 Å². The molecule has 7 heteroatoms. The molecule has 2 aliphatic heterocycles. The Kier molecular flexibility index (Phi) is 13.3. The fourth-order valence-electron chi connectivity index (χ4n) is 1.57. The molecule has 2 fully saturated rings. The lowest BCUT2D eigenvalue weighted by Gasteiger charge is -2.03. The third-order valence-corrected chi connectivity index (χ3v) is 2.62. The van der Waals surface area contributed by atoms with E-state index < -0.39 is 0 Å². The highest BCUT2D eigenvalue weighted by molar-refractivity contribution is 9.93. The fourth-order valence-corrected chi connectivity index (χ4v) is 1.57. The molecule has 0 N–H and O–H groups in total. The molecule has 0 aromatic rings. The second kappa shape index (κ2) is 11.5. The summed E-state index contributed by atoms with van der Waals surface area (Å²) >= 11 is 5.50. The molecule has 0 radical (unpaired) electrons. The maximum atomic E-state index is 10.5. The second-order valence-electron chi connectivity index (χ2n) is 3.84. The summed E-state index contributed by atoms with van der Waals surface area (Å²) in [6.45, 7) is 1.91. The molecule has 102 valence electrons. The van der Waals surface area contributed by atoms with Crippen molar-refractivity contribution >= 4 is 57.1 Å². The summed E-state index contributed by atoms with van der Waals surface area (Å²) in [7, 11) is 3.69. The fraction of sp³-hybridized carbons (Fsp3) is 0.800. The number of carbonyl (C=O) groups excluding carboxylic acids is 2. The van der Waals surface area contributed by atoms with Crippen molar-refractivity contribution in [2.75, 3.05) is 27.2 Å². The van der Waals surface area contributed by atoms with E-state index in [1.165, 1.54) is 0 Å². The maximum Gasteiger partial charge on any atom is 0.222 e. The SMILES string of the molecule is Br.BrBr.CN1CCCC1=O.CN1CCCC1=O. The molecule has 0 atom stereocenters. The van der Waals surface area contributed by atoms with Gasteiger partial charge in [-0.3, -0.25) is 9.59 Å². The normalized spacial score (nSPS) is 17.9. The van der Waals surface area contributed by atoms with Crippen LogP contribution in [0.4, 0.5) is 0 Å². The van der Waals surface area contributed by atoms with Gasteiger partial charge in [-0.15, -0.1) is 17.0 Å². The van der Waals surface area contributed by atoms with Crippen molar-refractivity contribution in [3.05, 3.63) is 0 Å². The molecule has 0 spiro atoms. The molecule has 0 aliphatic carbocycles. The van der Waals surface area contributed by atoms with Crippen molar-refractivity contribution in [2.24, 2.45) is 0 Å². The summed E-state index contributed by atoms with van der Waals surface area (Å²) in [5.41, 5.74) is 0. The largest absolute Gasteiger partial charge is 0.346 e. The molecule has 2 amide bonds. The van der Waals surface area contributed by atoms with E-state index in [-0.39, 0.29) is 17.0 Å². The Labute approximate surface area is 129 Å². The van der Waals surface area contributed by atoms with Crippen LogP contribution in [0.2, 0.25) is 0 Å². The highest BCUT2D eigenvalue weighted by Crippen LogP contribution is 2.05. The number of halogens is 3. The predicted octanol–water partition coefficient (Wildman–Crippen LogP) is 2.75. The van der Waals surface area contributed by atoms with Crippen LogP contribution in [-0.2, 0) is 9.59 Å². The number of likely N-dealkylation sites (tertiary alicyclic amines) is 2. The molecule has 2 aliphatic rings. The minimum atomic E-state index is 0. The molecule has 0 aromatic carbocycles. The Morgan fingerprint density at radius 1 is 0.882 bits per heavy atom. The number of hydrogen-bond acceptors (Lipinski definition) is 2. The van der Waals surface area contributed by atoms with Crippen LogP contribution in [0, 0.1) is 0 Å². The van der Waals surface area contributed by atoms with Crippen LogP contribution in [0.1, 0.15) is 25.7 Å². The molecule has 2 saturated heterocycles. The first kappa shape index (κ1) is 19.7. The van der Waals surface area contributed by atoms with Gasteiger partial charge in [0.05, 0.1) is 0 Å².